The largest absolute Gasteiger partial charge is 0.497 e. The van der Waals surface area contributed by atoms with Crippen LogP contribution in [-0.4, -0.2) is 22.3 Å². The fourth-order valence-electron chi connectivity index (χ4n) is 0.953. The molecule has 6 heteroatoms. The smallest absolute Gasteiger partial charge is 0.194 e. The van der Waals surface area contributed by atoms with Crippen molar-refractivity contribution < 1.29 is 4.74 Å². The van der Waals surface area contributed by atoms with Crippen LogP contribution < -0.4 is 4.74 Å². The van der Waals surface area contributed by atoms with Gasteiger partial charge in [0.2, 0.25) is 0 Å². The molecule has 0 unspecified atom stereocenters. The molecule has 0 aliphatic rings. The third-order valence-electron chi connectivity index (χ3n) is 1.67. The number of aromatic amines is 1. The fraction of sp³-hybridized carbons (Fsp3) is 0.111. The van der Waals surface area contributed by atoms with Crippen molar-refractivity contribution in [2.45, 2.75) is 10.1 Å². The standard InChI is InChI=1S/C9H9N3OS2/c1-13-7-2-4-8(5-3-7)14-15-9-10-6-11-12-9/h2-6H,1H3,(H,10,11,12). The number of nitrogens with zero attached hydrogens (tertiary/aromatic N) is 2. The van der Waals surface area contributed by atoms with Crippen molar-refractivity contribution in [3.05, 3.63) is 30.6 Å². The number of H-pyrrole nitrogens is 1. The van der Waals surface area contributed by atoms with Gasteiger partial charge in [-0.05, 0) is 45.9 Å². The first-order valence-corrected chi connectivity index (χ1v) is 6.37. The number of ether oxygens (including phenoxy) is 1. The minimum absolute atomic E-state index is 0.802. The van der Waals surface area contributed by atoms with Crippen LogP contribution in [-0.2, 0) is 0 Å². The Hall–Kier alpha value is -1.14. The lowest BCUT2D eigenvalue weighted by atomic mass is 10.3. The molecule has 1 heterocycles. The average Bonchev–Trinajstić information content (AvgIpc) is 2.80. The third-order valence-corrected chi connectivity index (χ3v) is 3.87. The Balaban J connectivity index is 1.93. The fourth-order valence-corrected chi connectivity index (χ4v) is 2.66. The van der Waals surface area contributed by atoms with Gasteiger partial charge in [-0.15, -0.1) is 0 Å². The zero-order valence-electron chi connectivity index (χ0n) is 8.01. The maximum Gasteiger partial charge on any atom is 0.194 e. The highest BCUT2D eigenvalue weighted by Crippen LogP contribution is 2.35. The molecule has 0 fully saturated rings. The van der Waals surface area contributed by atoms with Crippen molar-refractivity contribution in [1.29, 1.82) is 0 Å². The minimum atomic E-state index is 0.802. The highest BCUT2D eigenvalue weighted by Gasteiger charge is 1.99. The summed E-state index contributed by atoms with van der Waals surface area (Å²) >= 11 is 0. The molecule has 78 valence electrons. The summed E-state index contributed by atoms with van der Waals surface area (Å²) in [6.07, 6.45) is 1.50. The molecule has 0 aliphatic heterocycles. The summed E-state index contributed by atoms with van der Waals surface area (Å²) in [5.74, 6) is 0.865. The number of nitrogens with one attached hydrogen (secondary N) is 1. The van der Waals surface area contributed by atoms with Gasteiger partial charge < -0.3 is 4.74 Å². The molecule has 0 amide bonds. The second-order valence-electron chi connectivity index (χ2n) is 2.63. The first-order valence-electron chi connectivity index (χ1n) is 4.22. The van der Waals surface area contributed by atoms with Gasteiger partial charge in [-0.25, -0.2) is 4.98 Å². The zero-order valence-corrected chi connectivity index (χ0v) is 9.64. The van der Waals surface area contributed by atoms with Crippen molar-refractivity contribution in [1.82, 2.24) is 15.2 Å². The van der Waals surface area contributed by atoms with Crippen LogP contribution >= 0.6 is 21.6 Å². The quantitative estimate of drug-likeness (QED) is 0.831. The summed E-state index contributed by atoms with van der Waals surface area (Å²) in [6.45, 7) is 0. The van der Waals surface area contributed by atoms with Crippen molar-refractivity contribution in [3.63, 3.8) is 0 Å². The maximum atomic E-state index is 5.07. The van der Waals surface area contributed by atoms with Crippen LogP contribution in [0.2, 0.25) is 0 Å². The van der Waals surface area contributed by atoms with Crippen LogP contribution in [0.25, 0.3) is 0 Å². The van der Waals surface area contributed by atoms with Gasteiger partial charge >= 0.3 is 0 Å². The van der Waals surface area contributed by atoms with E-state index < -0.39 is 0 Å². The van der Waals surface area contributed by atoms with E-state index in [1.807, 2.05) is 24.3 Å². The molecule has 15 heavy (non-hydrogen) atoms. The minimum Gasteiger partial charge on any atom is -0.497 e. The summed E-state index contributed by atoms with van der Waals surface area (Å²) in [4.78, 5) is 5.17. The van der Waals surface area contributed by atoms with E-state index in [2.05, 4.69) is 15.2 Å². The number of aromatic nitrogens is 3. The van der Waals surface area contributed by atoms with Gasteiger partial charge in [0, 0.05) is 4.90 Å². The van der Waals surface area contributed by atoms with Crippen LogP contribution in [0.3, 0.4) is 0 Å². The molecule has 4 nitrogen and oxygen atoms in total. The molecule has 0 bridgehead atoms. The maximum absolute atomic E-state index is 5.07. The lowest BCUT2D eigenvalue weighted by molar-refractivity contribution is 0.414. The molecule has 0 spiro atoms. The number of rotatable bonds is 4. The van der Waals surface area contributed by atoms with Gasteiger partial charge in [0.25, 0.3) is 0 Å². The van der Waals surface area contributed by atoms with Gasteiger partial charge in [0.1, 0.15) is 12.1 Å². The Morgan fingerprint density at radius 1 is 1.20 bits per heavy atom. The lowest BCUT2D eigenvalue weighted by Crippen LogP contribution is -1.80. The predicted octanol–water partition coefficient (Wildman–Crippen LogP) is 2.61. The van der Waals surface area contributed by atoms with Crippen molar-refractivity contribution in [2.75, 3.05) is 7.11 Å². The van der Waals surface area contributed by atoms with E-state index in [4.69, 9.17) is 4.74 Å². The van der Waals surface area contributed by atoms with Crippen LogP contribution in [0.15, 0.2) is 40.6 Å². The topological polar surface area (TPSA) is 50.8 Å². The van der Waals surface area contributed by atoms with E-state index >= 15 is 0 Å². The molecule has 2 aromatic rings. The number of hydrogen-bond acceptors (Lipinski definition) is 5. The van der Waals surface area contributed by atoms with Gasteiger partial charge in [0.15, 0.2) is 5.16 Å². The summed E-state index contributed by atoms with van der Waals surface area (Å²) in [7, 11) is 4.82. The monoisotopic (exact) mass is 239 g/mol. The SMILES string of the molecule is COc1ccc(SSc2ncn[nH]2)cc1. The zero-order chi connectivity index (χ0) is 10.5. The van der Waals surface area contributed by atoms with Crippen LogP contribution in [0.4, 0.5) is 0 Å². The second-order valence-corrected chi connectivity index (χ2v) is 4.82. The summed E-state index contributed by atoms with van der Waals surface area (Å²) in [6, 6.07) is 7.88. The van der Waals surface area contributed by atoms with Crippen LogP contribution in [0.5, 0.6) is 5.75 Å². The predicted molar refractivity (Wildman–Crippen MR) is 61.1 cm³/mol. The van der Waals surface area contributed by atoms with E-state index in [1.165, 1.54) is 6.33 Å². The first-order chi connectivity index (χ1) is 7.38. The van der Waals surface area contributed by atoms with Gasteiger partial charge in [-0.2, -0.15) is 5.10 Å². The van der Waals surface area contributed by atoms with E-state index in [0.29, 0.717) is 0 Å². The average molecular weight is 239 g/mol. The summed E-state index contributed by atoms with van der Waals surface area (Å²) in [5.41, 5.74) is 0. The van der Waals surface area contributed by atoms with Gasteiger partial charge in [-0.3, -0.25) is 5.10 Å². The van der Waals surface area contributed by atoms with Crippen molar-refractivity contribution in [3.8, 4) is 5.75 Å². The third kappa shape index (κ3) is 2.90. The number of hydrogen-bond donors (Lipinski definition) is 1. The highest BCUT2D eigenvalue weighted by molar-refractivity contribution is 8.76. The molecule has 2 rings (SSSR count). The Morgan fingerprint density at radius 3 is 2.60 bits per heavy atom. The van der Waals surface area contributed by atoms with Crippen LogP contribution in [0, 0.1) is 0 Å². The van der Waals surface area contributed by atoms with Crippen molar-refractivity contribution in [2.24, 2.45) is 0 Å². The highest BCUT2D eigenvalue weighted by atomic mass is 33.1. The Bertz CT molecular complexity index is 402. The Labute approximate surface area is 95.2 Å². The lowest BCUT2D eigenvalue weighted by Gasteiger charge is -2.00. The molecular weight excluding hydrogens is 230 g/mol. The molecular formula is C9H9N3OS2. The van der Waals surface area contributed by atoms with E-state index in [-0.39, 0.29) is 0 Å². The summed E-state index contributed by atoms with van der Waals surface area (Å²) in [5, 5.41) is 7.36. The van der Waals surface area contributed by atoms with E-state index in [0.717, 1.165) is 15.8 Å². The Kier molecular flexibility index (Phi) is 3.52. The molecule has 0 atom stereocenters. The first kappa shape index (κ1) is 10.4. The molecule has 1 aromatic carbocycles. The van der Waals surface area contributed by atoms with Gasteiger partial charge in [0.05, 0.1) is 7.11 Å². The van der Waals surface area contributed by atoms with Crippen molar-refractivity contribution >= 4 is 21.6 Å². The molecule has 0 saturated carbocycles. The Morgan fingerprint density at radius 2 is 2.00 bits per heavy atom. The molecule has 1 N–H and O–H groups in total. The number of methoxy groups -OCH3 is 1. The normalized spacial score (nSPS) is 10.2. The molecule has 0 aliphatic carbocycles. The molecule has 0 saturated heterocycles. The van der Waals surface area contributed by atoms with E-state index in [1.54, 1.807) is 28.7 Å². The number of benzene rings is 1. The molecule has 0 radical (unpaired) electrons. The van der Waals surface area contributed by atoms with E-state index in [9.17, 15) is 0 Å². The van der Waals surface area contributed by atoms with Crippen LogP contribution in [0.1, 0.15) is 0 Å². The second kappa shape index (κ2) is 5.09. The molecule has 1 aromatic heterocycles. The summed E-state index contributed by atoms with van der Waals surface area (Å²) < 4.78 is 5.07. The van der Waals surface area contributed by atoms with Gasteiger partial charge in [-0.1, -0.05) is 0 Å².